The van der Waals surface area contributed by atoms with Crippen LogP contribution in [0.3, 0.4) is 0 Å². The first kappa shape index (κ1) is 18.6. The molecule has 0 atom stereocenters. The normalized spacial score (nSPS) is 10.9. The van der Waals surface area contributed by atoms with Gasteiger partial charge < -0.3 is 5.11 Å². The average molecular weight is 382 g/mol. The lowest BCUT2D eigenvalue weighted by Gasteiger charge is -2.09. The predicted molar refractivity (Wildman–Crippen MR) is 90.3 cm³/mol. The SMILES string of the molecule is O=C(O)C(=O)CC(=O)c1cccc(NS(=O)(=O)c2cccc(Cl)c2)c1. The van der Waals surface area contributed by atoms with Crippen LogP contribution < -0.4 is 4.72 Å². The number of rotatable bonds is 7. The number of hydrogen-bond donors (Lipinski definition) is 2. The maximum atomic E-state index is 12.3. The Morgan fingerprint density at radius 2 is 1.72 bits per heavy atom. The number of halogens is 1. The fourth-order valence-electron chi connectivity index (χ4n) is 1.93. The van der Waals surface area contributed by atoms with E-state index in [4.69, 9.17) is 16.7 Å². The molecule has 7 nitrogen and oxygen atoms in total. The standard InChI is InChI=1S/C16H12ClNO6S/c17-11-4-2-6-13(8-11)25(23,24)18-12-5-1-3-10(7-12)14(19)9-15(20)16(21)22/h1-8,18H,9H2,(H,21,22). The maximum absolute atomic E-state index is 12.3. The topological polar surface area (TPSA) is 118 Å². The molecule has 0 radical (unpaired) electrons. The smallest absolute Gasteiger partial charge is 0.372 e. The molecular weight excluding hydrogens is 370 g/mol. The maximum Gasteiger partial charge on any atom is 0.372 e. The van der Waals surface area contributed by atoms with Gasteiger partial charge in [0.1, 0.15) is 0 Å². The second-order valence-corrected chi connectivity index (χ2v) is 7.09. The number of ketones is 2. The van der Waals surface area contributed by atoms with Crippen molar-refractivity contribution in [3.05, 3.63) is 59.1 Å². The number of benzene rings is 2. The van der Waals surface area contributed by atoms with Gasteiger partial charge in [-0.15, -0.1) is 0 Å². The zero-order chi connectivity index (χ0) is 18.6. The molecule has 2 N–H and O–H groups in total. The van der Waals surface area contributed by atoms with E-state index in [0.717, 1.165) is 0 Å². The molecule has 0 spiro atoms. The largest absolute Gasteiger partial charge is 0.475 e. The van der Waals surface area contributed by atoms with E-state index in [9.17, 15) is 22.8 Å². The molecule has 2 aromatic rings. The highest BCUT2D eigenvalue weighted by molar-refractivity contribution is 7.92. The van der Waals surface area contributed by atoms with Crippen LogP contribution in [0.15, 0.2) is 53.4 Å². The van der Waals surface area contributed by atoms with Crippen LogP contribution in [-0.2, 0) is 19.6 Å². The molecule has 0 aliphatic carbocycles. The van der Waals surface area contributed by atoms with E-state index in [-0.39, 0.29) is 21.2 Å². The summed E-state index contributed by atoms with van der Waals surface area (Å²) in [6.07, 6.45) is -0.806. The van der Waals surface area contributed by atoms with Crippen molar-refractivity contribution in [1.29, 1.82) is 0 Å². The number of nitrogens with one attached hydrogen (secondary N) is 1. The van der Waals surface area contributed by atoms with E-state index in [1.165, 1.54) is 48.5 Å². The first-order chi connectivity index (χ1) is 11.7. The van der Waals surface area contributed by atoms with Crippen molar-refractivity contribution in [3.8, 4) is 0 Å². The third kappa shape index (κ3) is 4.88. The van der Waals surface area contributed by atoms with Crippen LogP contribution in [0.2, 0.25) is 5.02 Å². The highest BCUT2D eigenvalue weighted by atomic mass is 35.5. The number of hydrogen-bond acceptors (Lipinski definition) is 5. The van der Waals surface area contributed by atoms with Crippen LogP contribution in [0, 0.1) is 0 Å². The molecule has 0 aliphatic rings. The molecule has 0 fully saturated rings. The van der Waals surface area contributed by atoms with Crippen LogP contribution in [0.25, 0.3) is 0 Å². The minimum atomic E-state index is -3.92. The van der Waals surface area contributed by atoms with Gasteiger partial charge in [-0.2, -0.15) is 0 Å². The number of carbonyl (C=O) groups excluding carboxylic acids is 2. The van der Waals surface area contributed by atoms with Crippen LogP contribution in [-0.4, -0.2) is 31.1 Å². The number of carboxylic acid groups (broad SMARTS) is 1. The molecule has 9 heteroatoms. The molecule has 2 rings (SSSR count). The number of anilines is 1. The molecule has 0 bridgehead atoms. The Morgan fingerprint density at radius 3 is 2.36 bits per heavy atom. The second-order valence-electron chi connectivity index (χ2n) is 4.97. The van der Waals surface area contributed by atoms with Crippen molar-refractivity contribution >= 4 is 44.8 Å². The van der Waals surface area contributed by atoms with Crippen molar-refractivity contribution in [3.63, 3.8) is 0 Å². The van der Waals surface area contributed by atoms with Crippen LogP contribution >= 0.6 is 11.6 Å². The lowest BCUT2D eigenvalue weighted by atomic mass is 10.1. The molecule has 0 saturated heterocycles. The highest BCUT2D eigenvalue weighted by Gasteiger charge is 2.19. The summed E-state index contributed by atoms with van der Waals surface area (Å²) in [5.74, 6) is -3.67. The van der Waals surface area contributed by atoms with Gasteiger partial charge in [0.2, 0.25) is 5.78 Å². The number of carbonyl (C=O) groups is 3. The zero-order valence-corrected chi connectivity index (χ0v) is 14.2. The quantitative estimate of drug-likeness (QED) is 0.432. The number of carboxylic acids is 1. The van der Waals surface area contributed by atoms with Gasteiger partial charge in [0, 0.05) is 16.3 Å². The summed E-state index contributed by atoms with van der Waals surface area (Å²) in [7, 11) is -3.92. The Morgan fingerprint density at radius 1 is 1.04 bits per heavy atom. The van der Waals surface area contributed by atoms with E-state index < -0.39 is 34.0 Å². The minimum absolute atomic E-state index is 0.0147. The van der Waals surface area contributed by atoms with Crippen LogP contribution in [0.1, 0.15) is 16.8 Å². The summed E-state index contributed by atoms with van der Waals surface area (Å²) in [5.41, 5.74) is 0.106. The Bertz CT molecular complexity index is 955. The third-order valence-corrected chi connectivity index (χ3v) is 4.72. The molecular formula is C16H12ClNO6S. The molecule has 0 amide bonds. The molecule has 25 heavy (non-hydrogen) atoms. The predicted octanol–water partition coefficient (Wildman–Crippen LogP) is 2.37. The summed E-state index contributed by atoms with van der Waals surface area (Å²) < 4.78 is 26.9. The van der Waals surface area contributed by atoms with E-state index in [2.05, 4.69) is 4.72 Å². The van der Waals surface area contributed by atoms with Gasteiger partial charge in [-0.3, -0.25) is 14.3 Å². The highest BCUT2D eigenvalue weighted by Crippen LogP contribution is 2.20. The molecule has 0 aliphatic heterocycles. The van der Waals surface area contributed by atoms with Crippen LogP contribution in [0.5, 0.6) is 0 Å². The monoisotopic (exact) mass is 381 g/mol. The fourth-order valence-corrected chi connectivity index (χ4v) is 3.28. The zero-order valence-electron chi connectivity index (χ0n) is 12.6. The molecule has 0 aromatic heterocycles. The van der Waals surface area contributed by atoms with E-state index in [1.807, 2.05) is 0 Å². The summed E-state index contributed by atoms with van der Waals surface area (Å²) in [6.45, 7) is 0. The Balaban J connectivity index is 2.23. The second kappa shape index (κ2) is 7.45. The van der Waals surface area contributed by atoms with Gasteiger partial charge in [-0.05, 0) is 30.3 Å². The van der Waals surface area contributed by atoms with Crippen molar-refractivity contribution in [2.75, 3.05) is 4.72 Å². The molecule has 2 aromatic carbocycles. The number of aliphatic carboxylic acids is 1. The van der Waals surface area contributed by atoms with Crippen molar-refractivity contribution in [1.82, 2.24) is 0 Å². The third-order valence-electron chi connectivity index (χ3n) is 3.10. The lowest BCUT2D eigenvalue weighted by Crippen LogP contribution is -2.17. The fraction of sp³-hybridized carbons (Fsp3) is 0.0625. The van der Waals surface area contributed by atoms with Gasteiger partial charge in [-0.1, -0.05) is 29.8 Å². The molecule has 0 heterocycles. The van der Waals surface area contributed by atoms with E-state index in [0.29, 0.717) is 0 Å². The van der Waals surface area contributed by atoms with Gasteiger partial charge in [0.25, 0.3) is 10.0 Å². The van der Waals surface area contributed by atoms with Crippen LogP contribution in [0.4, 0.5) is 5.69 Å². The van der Waals surface area contributed by atoms with Gasteiger partial charge in [0.05, 0.1) is 11.3 Å². The summed E-state index contributed by atoms with van der Waals surface area (Å²) in [6, 6.07) is 11.0. The van der Waals surface area contributed by atoms with Gasteiger partial charge in [0.15, 0.2) is 5.78 Å². The number of sulfonamides is 1. The van der Waals surface area contributed by atoms with E-state index in [1.54, 1.807) is 0 Å². The first-order valence-corrected chi connectivity index (χ1v) is 8.73. The van der Waals surface area contributed by atoms with Crippen molar-refractivity contribution < 1.29 is 27.9 Å². The Labute approximate surface area is 148 Å². The summed E-state index contributed by atoms with van der Waals surface area (Å²) in [4.78, 5) is 33.5. The summed E-state index contributed by atoms with van der Waals surface area (Å²) >= 11 is 5.78. The summed E-state index contributed by atoms with van der Waals surface area (Å²) in [5, 5.41) is 8.78. The molecule has 130 valence electrons. The Kier molecular flexibility index (Phi) is 5.55. The van der Waals surface area contributed by atoms with E-state index >= 15 is 0 Å². The Hall–Kier alpha value is -2.71. The minimum Gasteiger partial charge on any atom is -0.475 e. The molecule has 0 saturated carbocycles. The van der Waals surface area contributed by atoms with Crippen molar-refractivity contribution in [2.45, 2.75) is 11.3 Å². The average Bonchev–Trinajstić information content (AvgIpc) is 2.54. The van der Waals surface area contributed by atoms with Gasteiger partial charge in [-0.25, -0.2) is 13.2 Å². The molecule has 0 unspecified atom stereocenters. The number of Topliss-reactive ketones (excluding diaryl/α,β-unsaturated/α-hetero) is 2. The lowest BCUT2D eigenvalue weighted by molar-refractivity contribution is -0.148. The first-order valence-electron chi connectivity index (χ1n) is 6.87. The van der Waals surface area contributed by atoms with Crippen molar-refractivity contribution in [2.24, 2.45) is 0 Å². The van der Waals surface area contributed by atoms with Gasteiger partial charge >= 0.3 is 5.97 Å².